The summed E-state index contributed by atoms with van der Waals surface area (Å²) in [4.78, 5) is 25.6. The monoisotopic (exact) mass is 399 g/mol. The Hall–Kier alpha value is -3.22. The quantitative estimate of drug-likeness (QED) is 0.696. The summed E-state index contributed by atoms with van der Waals surface area (Å²) in [5, 5.41) is 0. The third-order valence-electron chi connectivity index (χ3n) is 5.35. The molecule has 7 nitrogen and oxygen atoms in total. The molecule has 3 rings (SSSR count). The zero-order valence-corrected chi connectivity index (χ0v) is 17.3. The van der Waals surface area contributed by atoms with E-state index in [9.17, 15) is 9.59 Å². The van der Waals surface area contributed by atoms with Crippen molar-refractivity contribution in [2.45, 2.75) is 18.9 Å². The number of aryl methyl sites for hydroxylation is 1. The van der Waals surface area contributed by atoms with Crippen molar-refractivity contribution in [1.82, 2.24) is 4.90 Å². The number of hydrogen-bond donors (Lipinski definition) is 0. The second-order valence-electron chi connectivity index (χ2n) is 6.78. The maximum absolute atomic E-state index is 12.4. The fourth-order valence-corrected chi connectivity index (χ4v) is 3.93. The van der Waals surface area contributed by atoms with Crippen LogP contribution < -0.4 is 24.4 Å². The second-order valence-corrected chi connectivity index (χ2v) is 6.78. The molecule has 7 heteroatoms. The van der Waals surface area contributed by atoms with Crippen LogP contribution in [0.1, 0.15) is 23.6 Å². The molecule has 1 amide bonds. The average Bonchev–Trinajstić information content (AvgIpc) is 3.00. The predicted molar refractivity (Wildman–Crippen MR) is 109 cm³/mol. The molecule has 2 aromatic carbocycles. The van der Waals surface area contributed by atoms with Crippen molar-refractivity contribution in [3.05, 3.63) is 45.6 Å². The smallest absolute Gasteiger partial charge is 0.220 e. The third kappa shape index (κ3) is 3.48. The molecule has 29 heavy (non-hydrogen) atoms. The van der Waals surface area contributed by atoms with Crippen LogP contribution in [0.25, 0.3) is 11.1 Å². The Morgan fingerprint density at radius 2 is 1.66 bits per heavy atom. The molecule has 0 aliphatic heterocycles. The van der Waals surface area contributed by atoms with Crippen molar-refractivity contribution in [3.63, 3.8) is 0 Å². The van der Waals surface area contributed by atoms with Gasteiger partial charge in [-0.1, -0.05) is 0 Å². The highest BCUT2D eigenvalue weighted by Gasteiger charge is 2.30. The van der Waals surface area contributed by atoms with Gasteiger partial charge in [-0.15, -0.1) is 0 Å². The molecular formula is C22H25NO6. The van der Waals surface area contributed by atoms with E-state index >= 15 is 0 Å². The Bertz CT molecular complexity index is 988. The van der Waals surface area contributed by atoms with Gasteiger partial charge in [0.25, 0.3) is 0 Å². The molecule has 0 aromatic heterocycles. The summed E-state index contributed by atoms with van der Waals surface area (Å²) in [5.41, 5.74) is 3.16. The van der Waals surface area contributed by atoms with E-state index in [2.05, 4.69) is 0 Å². The van der Waals surface area contributed by atoms with Gasteiger partial charge in [0.1, 0.15) is 0 Å². The number of rotatable bonds is 6. The molecule has 1 aliphatic carbocycles. The summed E-state index contributed by atoms with van der Waals surface area (Å²) in [6.45, 7) is 0. The first-order valence-corrected chi connectivity index (χ1v) is 9.22. The molecule has 0 unspecified atom stereocenters. The van der Waals surface area contributed by atoms with Gasteiger partial charge in [0, 0.05) is 12.6 Å². The van der Waals surface area contributed by atoms with Gasteiger partial charge in [0.15, 0.2) is 17.2 Å². The van der Waals surface area contributed by atoms with Gasteiger partial charge < -0.3 is 23.8 Å². The van der Waals surface area contributed by atoms with Gasteiger partial charge in [0.05, 0.1) is 34.5 Å². The van der Waals surface area contributed by atoms with Crippen molar-refractivity contribution in [3.8, 4) is 34.1 Å². The Morgan fingerprint density at radius 3 is 2.24 bits per heavy atom. The highest BCUT2D eigenvalue weighted by Crippen LogP contribution is 2.50. The zero-order valence-electron chi connectivity index (χ0n) is 17.3. The number of carbonyl (C=O) groups is 1. The Morgan fingerprint density at radius 1 is 0.966 bits per heavy atom. The van der Waals surface area contributed by atoms with E-state index in [0.717, 1.165) is 28.7 Å². The number of carbonyl (C=O) groups excluding carboxylic acids is 1. The molecule has 1 aliphatic rings. The predicted octanol–water partition coefficient (Wildman–Crippen LogP) is 2.82. The second kappa shape index (κ2) is 8.43. The largest absolute Gasteiger partial charge is 0.493 e. The molecule has 0 heterocycles. The van der Waals surface area contributed by atoms with E-state index in [1.165, 1.54) is 13.2 Å². The van der Waals surface area contributed by atoms with Crippen molar-refractivity contribution in [1.29, 1.82) is 0 Å². The van der Waals surface area contributed by atoms with Crippen LogP contribution in [0.15, 0.2) is 29.1 Å². The fraction of sp³-hybridized carbons (Fsp3) is 0.364. The molecule has 0 N–H and O–H groups in total. The van der Waals surface area contributed by atoms with Crippen LogP contribution in [0.2, 0.25) is 0 Å². The summed E-state index contributed by atoms with van der Waals surface area (Å²) in [6.07, 6.45) is 2.13. The lowest BCUT2D eigenvalue weighted by Gasteiger charge is -2.24. The van der Waals surface area contributed by atoms with E-state index < -0.39 is 0 Å². The molecule has 2 aromatic rings. The minimum Gasteiger partial charge on any atom is -0.493 e. The lowest BCUT2D eigenvalue weighted by atomic mass is 9.95. The molecule has 0 radical (unpaired) electrons. The van der Waals surface area contributed by atoms with Gasteiger partial charge >= 0.3 is 0 Å². The van der Waals surface area contributed by atoms with E-state index in [0.29, 0.717) is 30.1 Å². The normalized spacial score (nSPS) is 14.7. The van der Waals surface area contributed by atoms with E-state index in [-0.39, 0.29) is 17.2 Å². The van der Waals surface area contributed by atoms with Crippen LogP contribution in [0.5, 0.6) is 23.0 Å². The fourth-order valence-electron chi connectivity index (χ4n) is 3.93. The SMILES string of the molecule is COc1cc2c(c(OC)c1OC)-c1ccc(=O)c(OC)cc1[C@@H](N(C)C=O)CC2. The summed E-state index contributed by atoms with van der Waals surface area (Å²) < 4.78 is 22.1. The molecule has 0 saturated heterocycles. The van der Waals surface area contributed by atoms with Crippen molar-refractivity contribution >= 4 is 6.41 Å². The lowest BCUT2D eigenvalue weighted by molar-refractivity contribution is -0.119. The van der Waals surface area contributed by atoms with Crippen LogP contribution in [-0.4, -0.2) is 46.8 Å². The topological polar surface area (TPSA) is 74.3 Å². The summed E-state index contributed by atoms with van der Waals surface area (Å²) in [5.74, 6) is 1.78. The number of hydrogen-bond acceptors (Lipinski definition) is 6. The molecule has 0 bridgehead atoms. The average molecular weight is 399 g/mol. The first kappa shape index (κ1) is 20.5. The van der Waals surface area contributed by atoms with Crippen LogP contribution >= 0.6 is 0 Å². The van der Waals surface area contributed by atoms with Crippen molar-refractivity contribution in [2.75, 3.05) is 35.5 Å². The molecule has 0 fully saturated rings. The van der Waals surface area contributed by atoms with Crippen molar-refractivity contribution in [2.24, 2.45) is 0 Å². The van der Waals surface area contributed by atoms with Crippen LogP contribution in [0.4, 0.5) is 0 Å². The molecule has 154 valence electrons. The van der Waals surface area contributed by atoms with Gasteiger partial charge in [-0.2, -0.15) is 0 Å². The number of fused-ring (bicyclic) bond motifs is 3. The van der Waals surface area contributed by atoms with Crippen molar-refractivity contribution < 1.29 is 23.7 Å². The molecule has 1 atom stereocenters. The van der Waals surface area contributed by atoms with Gasteiger partial charge in [-0.05, 0) is 53.8 Å². The minimum absolute atomic E-state index is 0.221. The Kier molecular flexibility index (Phi) is 5.96. The van der Waals surface area contributed by atoms with Crippen LogP contribution in [0, 0.1) is 0 Å². The maximum Gasteiger partial charge on any atom is 0.220 e. The number of amides is 1. The van der Waals surface area contributed by atoms with Crippen LogP contribution in [-0.2, 0) is 11.2 Å². The van der Waals surface area contributed by atoms with E-state index in [1.807, 2.05) is 6.07 Å². The zero-order chi connectivity index (χ0) is 21.1. The minimum atomic E-state index is -0.242. The molecule has 0 saturated carbocycles. The number of methoxy groups -OCH3 is 4. The Balaban J connectivity index is 2.45. The van der Waals surface area contributed by atoms with E-state index in [1.54, 1.807) is 45.4 Å². The first-order valence-electron chi connectivity index (χ1n) is 9.22. The maximum atomic E-state index is 12.4. The summed E-state index contributed by atoms with van der Waals surface area (Å²) in [6, 6.07) is 6.63. The summed E-state index contributed by atoms with van der Waals surface area (Å²) in [7, 11) is 7.89. The number of benzene rings is 1. The Labute approximate surface area is 169 Å². The third-order valence-corrected chi connectivity index (χ3v) is 5.35. The van der Waals surface area contributed by atoms with Gasteiger partial charge in [-0.3, -0.25) is 9.59 Å². The molecule has 0 spiro atoms. The standard InChI is InChI=1S/C22H25NO6/c1-23(12-24)16-8-6-13-10-19(27-3)21(28-4)22(29-5)20(13)14-7-9-17(25)18(26-2)11-15(14)16/h7,9-12,16H,6,8H2,1-5H3/t16-/m0/s1. The highest BCUT2D eigenvalue weighted by molar-refractivity contribution is 5.83. The van der Waals surface area contributed by atoms with E-state index in [4.69, 9.17) is 18.9 Å². The van der Waals surface area contributed by atoms with Gasteiger partial charge in [-0.25, -0.2) is 0 Å². The first-order chi connectivity index (χ1) is 14.0. The molecular weight excluding hydrogens is 374 g/mol. The number of nitrogens with zero attached hydrogens (tertiary/aromatic N) is 1. The highest BCUT2D eigenvalue weighted by atomic mass is 16.5. The lowest BCUT2D eigenvalue weighted by Crippen LogP contribution is -2.23. The summed E-state index contributed by atoms with van der Waals surface area (Å²) >= 11 is 0. The van der Waals surface area contributed by atoms with Gasteiger partial charge in [0.2, 0.25) is 17.6 Å². The number of ether oxygens (including phenoxy) is 4. The van der Waals surface area contributed by atoms with Crippen LogP contribution in [0.3, 0.4) is 0 Å².